The Balaban J connectivity index is 1.85. The van der Waals surface area contributed by atoms with Crippen molar-refractivity contribution < 1.29 is 18.1 Å². The molecule has 22 heavy (non-hydrogen) atoms. The Labute approximate surface area is 128 Å². The first-order valence-corrected chi connectivity index (χ1v) is 7.50. The number of rotatable bonds is 2. The summed E-state index contributed by atoms with van der Waals surface area (Å²) in [7, 11) is 1.68. The van der Waals surface area contributed by atoms with Gasteiger partial charge in [-0.2, -0.15) is 0 Å². The van der Waals surface area contributed by atoms with E-state index >= 15 is 0 Å². The van der Waals surface area contributed by atoms with Gasteiger partial charge in [0.25, 0.3) is 5.92 Å². The quantitative estimate of drug-likeness (QED) is 0.838. The molecule has 3 rings (SSSR count). The van der Waals surface area contributed by atoms with E-state index < -0.39 is 11.3 Å². The molecular formula is C15H21F2N3O2. The maximum absolute atomic E-state index is 14.2. The van der Waals surface area contributed by atoms with Gasteiger partial charge in [0.1, 0.15) is 5.76 Å². The van der Waals surface area contributed by atoms with Crippen LogP contribution in [0.1, 0.15) is 29.9 Å². The van der Waals surface area contributed by atoms with E-state index in [2.05, 4.69) is 5.16 Å². The maximum atomic E-state index is 14.2. The fourth-order valence-corrected chi connectivity index (χ4v) is 3.79. The summed E-state index contributed by atoms with van der Waals surface area (Å²) in [5.74, 6) is -2.36. The number of alkyl halides is 2. The van der Waals surface area contributed by atoms with E-state index in [0.717, 1.165) is 11.3 Å². The lowest BCUT2D eigenvalue weighted by Crippen LogP contribution is -2.55. The van der Waals surface area contributed by atoms with Gasteiger partial charge in [0, 0.05) is 38.7 Å². The molecule has 122 valence electrons. The SMILES string of the molecule is Cc1noc(C)c1CN1CC(F)(F)CC2(CCN(C)C2=O)C1. The van der Waals surface area contributed by atoms with Crippen molar-refractivity contribution in [2.75, 3.05) is 26.7 Å². The topological polar surface area (TPSA) is 49.6 Å². The summed E-state index contributed by atoms with van der Waals surface area (Å²) in [5.41, 5.74) is 0.608. The highest BCUT2D eigenvalue weighted by Crippen LogP contribution is 2.45. The highest BCUT2D eigenvalue weighted by Gasteiger charge is 2.56. The van der Waals surface area contributed by atoms with Gasteiger partial charge in [-0.25, -0.2) is 8.78 Å². The van der Waals surface area contributed by atoms with Crippen molar-refractivity contribution in [1.29, 1.82) is 0 Å². The number of amides is 1. The average molecular weight is 313 g/mol. The van der Waals surface area contributed by atoms with Crippen LogP contribution in [0.4, 0.5) is 8.78 Å². The fraction of sp³-hybridized carbons (Fsp3) is 0.733. The zero-order valence-electron chi connectivity index (χ0n) is 13.2. The molecule has 3 heterocycles. The average Bonchev–Trinajstić information content (AvgIpc) is 2.86. The molecule has 0 aromatic carbocycles. The molecule has 0 aliphatic carbocycles. The Bertz CT molecular complexity index is 582. The summed E-state index contributed by atoms with van der Waals surface area (Å²) in [4.78, 5) is 15.6. The normalized spacial score (nSPS) is 28.8. The van der Waals surface area contributed by atoms with Gasteiger partial charge in [-0.15, -0.1) is 0 Å². The summed E-state index contributed by atoms with van der Waals surface area (Å²) >= 11 is 0. The van der Waals surface area contributed by atoms with Crippen LogP contribution in [0.2, 0.25) is 0 Å². The molecule has 0 bridgehead atoms. The van der Waals surface area contributed by atoms with E-state index in [4.69, 9.17) is 4.52 Å². The number of hydrogen-bond acceptors (Lipinski definition) is 4. The Morgan fingerprint density at radius 3 is 2.59 bits per heavy atom. The maximum Gasteiger partial charge on any atom is 0.261 e. The van der Waals surface area contributed by atoms with Crippen molar-refractivity contribution in [3.63, 3.8) is 0 Å². The van der Waals surface area contributed by atoms with Crippen LogP contribution in [0.25, 0.3) is 0 Å². The number of likely N-dealkylation sites (tertiary alicyclic amines) is 2. The molecule has 2 aliphatic heterocycles. The summed E-state index contributed by atoms with van der Waals surface area (Å²) in [6.45, 7) is 4.52. The minimum atomic E-state index is -2.85. The molecule has 0 saturated carbocycles. The Morgan fingerprint density at radius 2 is 2.05 bits per heavy atom. The first-order chi connectivity index (χ1) is 10.2. The lowest BCUT2D eigenvalue weighted by molar-refractivity contribution is -0.154. The van der Waals surface area contributed by atoms with Crippen LogP contribution in [0.3, 0.4) is 0 Å². The predicted molar refractivity (Wildman–Crippen MR) is 75.5 cm³/mol. The minimum absolute atomic E-state index is 0.157. The van der Waals surface area contributed by atoms with E-state index in [1.807, 2.05) is 0 Å². The Kier molecular flexibility index (Phi) is 3.51. The number of carbonyl (C=O) groups is 1. The van der Waals surface area contributed by atoms with Crippen LogP contribution >= 0.6 is 0 Å². The molecule has 1 aromatic rings. The molecule has 1 spiro atoms. The van der Waals surface area contributed by atoms with Crippen molar-refractivity contribution in [2.45, 2.75) is 39.2 Å². The Morgan fingerprint density at radius 1 is 1.32 bits per heavy atom. The van der Waals surface area contributed by atoms with E-state index in [1.54, 1.807) is 30.7 Å². The second kappa shape index (κ2) is 5.01. The molecule has 0 radical (unpaired) electrons. The summed E-state index contributed by atoms with van der Waals surface area (Å²) in [6.07, 6.45) is 0.150. The standard InChI is InChI=1S/C15H21F2N3O2/c1-10-12(11(2)22-18-10)6-20-8-14(7-15(16,17)9-20)4-5-19(3)13(14)21/h4-9H2,1-3H3. The van der Waals surface area contributed by atoms with Crippen molar-refractivity contribution in [1.82, 2.24) is 15.0 Å². The molecule has 2 fully saturated rings. The smallest absolute Gasteiger partial charge is 0.261 e. The third kappa shape index (κ3) is 2.51. The highest BCUT2D eigenvalue weighted by molar-refractivity contribution is 5.85. The van der Waals surface area contributed by atoms with E-state index in [1.165, 1.54) is 0 Å². The van der Waals surface area contributed by atoms with Gasteiger partial charge < -0.3 is 9.42 Å². The number of piperidine rings is 1. The molecule has 1 aromatic heterocycles. The number of halogens is 2. The number of nitrogens with zero attached hydrogens (tertiary/aromatic N) is 3. The number of aryl methyl sites for hydroxylation is 2. The molecular weight excluding hydrogens is 292 g/mol. The van der Waals surface area contributed by atoms with E-state index in [9.17, 15) is 13.6 Å². The first kappa shape index (κ1) is 15.4. The van der Waals surface area contributed by atoms with E-state index in [0.29, 0.717) is 31.8 Å². The van der Waals surface area contributed by atoms with Crippen molar-refractivity contribution >= 4 is 5.91 Å². The largest absolute Gasteiger partial charge is 0.361 e. The van der Waals surface area contributed by atoms with Gasteiger partial charge in [-0.05, 0) is 20.3 Å². The zero-order chi connectivity index (χ0) is 16.1. The minimum Gasteiger partial charge on any atom is -0.361 e. The van der Waals surface area contributed by atoms with Crippen molar-refractivity contribution in [2.24, 2.45) is 5.41 Å². The van der Waals surface area contributed by atoms with Gasteiger partial charge >= 0.3 is 0 Å². The lowest BCUT2D eigenvalue weighted by Gasteiger charge is -2.42. The monoisotopic (exact) mass is 313 g/mol. The molecule has 1 amide bonds. The van der Waals surface area contributed by atoms with Gasteiger partial charge in [0.15, 0.2) is 0 Å². The molecule has 5 nitrogen and oxygen atoms in total. The third-order valence-corrected chi connectivity index (χ3v) is 4.87. The predicted octanol–water partition coefficient (Wildman–Crippen LogP) is 1.98. The second-order valence-corrected chi connectivity index (χ2v) is 6.74. The molecule has 2 aliphatic rings. The number of aromatic nitrogens is 1. The molecule has 1 atom stereocenters. The van der Waals surface area contributed by atoms with Crippen LogP contribution in [-0.2, 0) is 11.3 Å². The van der Waals surface area contributed by atoms with Crippen LogP contribution in [0.15, 0.2) is 4.52 Å². The van der Waals surface area contributed by atoms with Crippen LogP contribution in [-0.4, -0.2) is 53.5 Å². The molecule has 1 unspecified atom stereocenters. The first-order valence-electron chi connectivity index (χ1n) is 7.50. The Hall–Kier alpha value is -1.50. The number of carbonyl (C=O) groups excluding carboxylic acids is 1. The summed E-state index contributed by atoms with van der Waals surface area (Å²) in [6, 6.07) is 0. The molecule has 7 heteroatoms. The molecule has 0 N–H and O–H groups in total. The highest BCUT2D eigenvalue weighted by atomic mass is 19.3. The summed E-state index contributed by atoms with van der Waals surface area (Å²) < 4.78 is 33.6. The third-order valence-electron chi connectivity index (χ3n) is 4.87. The van der Waals surface area contributed by atoms with Gasteiger partial charge in [0.2, 0.25) is 5.91 Å². The zero-order valence-corrected chi connectivity index (χ0v) is 13.2. The van der Waals surface area contributed by atoms with Crippen LogP contribution < -0.4 is 0 Å². The van der Waals surface area contributed by atoms with Gasteiger partial charge in [-0.1, -0.05) is 5.16 Å². The van der Waals surface area contributed by atoms with Gasteiger partial charge in [0.05, 0.1) is 17.7 Å². The number of hydrogen-bond donors (Lipinski definition) is 0. The van der Waals surface area contributed by atoms with Crippen LogP contribution in [0.5, 0.6) is 0 Å². The van der Waals surface area contributed by atoms with E-state index in [-0.39, 0.29) is 18.9 Å². The van der Waals surface area contributed by atoms with Crippen molar-refractivity contribution in [3.8, 4) is 0 Å². The van der Waals surface area contributed by atoms with Crippen molar-refractivity contribution in [3.05, 3.63) is 17.0 Å². The molecule has 2 saturated heterocycles. The second-order valence-electron chi connectivity index (χ2n) is 6.74. The fourth-order valence-electron chi connectivity index (χ4n) is 3.79. The van der Waals surface area contributed by atoms with Crippen LogP contribution in [0, 0.1) is 19.3 Å². The lowest BCUT2D eigenvalue weighted by atomic mass is 9.77. The van der Waals surface area contributed by atoms with Gasteiger partial charge in [-0.3, -0.25) is 9.69 Å². The summed E-state index contributed by atoms with van der Waals surface area (Å²) in [5, 5.41) is 3.87.